The van der Waals surface area contributed by atoms with Gasteiger partial charge in [-0.15, -0.1) is 0 Å². The fourth-order valence-electron chi connectivity index (χ4n) is 1.52. The lowest BCUT2D eigenvalue weighted by molar-refractivity contribution is 0.152. The van der Waals surface area contributed by atoms with Crippen LogP contribution in [0.25, 0.3) is 10.9 Å². The Balaban J connectivity index is 2.77. The molecule has 1 aromatic carbocycles. The summed E-state index contributed by atoms with van der Waals surface area (Å²) in [5, 5.41) is 0.397. The number of hydrogen-bond acceptors (Lipinski definition) is 4. The first-order valence-electron chi connectivity index (χ1n) is 5.06. The first-order chi connectivity index (χ1) is 8.15. The van der Waals surface area contributed by atoms with Crippen molar-refractivity contribution in [2.75, 3.05) is 6.61 Å². The van der Waals surface area contributed by atoms with Crippen molar-refractivity contribution in [1.29, 1.82) is 0 Å². The van der Waals surface area contributed by atoms with Gasteiger partial charge in [0.1, 0.15) is 0 Å². The van der Waals surface area contributed by atoms with Crippen LogP contribution in [-0.4, -0.2) is 22.3 Å². The highest BCUT2D eigenvalue weighted by Gasteiger charge is 2.12. The van der Waals surface area contributed by atoms with Crippen molar-refractivity contribution in [3.63, 3.8) is 0 Å². The first kappa shape index (κ1) is 11.5. The third kappa shape index (κ3) is 1.99. The van der Waals surface area contributed by atoms with Crippen molar-refractivity contribution in [3.8, 4) is 0 Å². The summed E-state index contributed by atoms with van der Waals surface area (Å²) in [6, 6.07) is 6.85. The molecule has 1 heterocycles. The van der Waals surface area contributed by atoms with Crippen LogP contribution in [0.5, 0.6) is 0 Å². The quantitative estimate of drug-likeness (QED) is 0.787. The number of rotatable bonds is 1. The predicted octanol–water partition coefficient (Wildman–Crippen LogP) is 2.06. The number of H-pyrrole nitrogens is 1. The Hall–Kier alpha value is -1.95. The lowest BCUT2D eigenvalue weighted by Gasteiger charge is -2.06. The van der Waals surface area contributed by atoms with E-state index in [9.17, 15) is 9.59 Å². The molecule has 6 heteroatoms. The number of nitrogens with one attached hydrogen (secondary N) is 1. The van der Waals surface area contributed by atoms with Crippen LogP contribution in [0, 0.1) is 4.77 Å². The number of carbonyl (C=O) groups is 1. The molecular formula is C11H10N2O3S. The minimum atomic E-state index is -0.760. The number of fused-ring (bicyclic) bond motifs is 1. The largest absolute Gasteiger partial charge is 0.449 e. The molecule has 1 aromatic heterocycles. The van der Waals surface area contributed by atoms with Gasteiger partial charge in [-0.1, -0.05) is 12.1 Å². The average molecular weight is 250 g/mol. The van der Waals surface area contributed by atoms with E-state index in [1.807, 2.05) is 0 Å². The lowest BCUT2D eigenvalue weighted by Crippen LogP contribution is -2.29. The maximum absolute atomic E-state index is 12.0. The highest BCUT2D eigenvalue weighted by Crippen LogP contribution is 2.05. The standard InChI is InChI=1S/C11H10N2O3S/c1-2-16-11(15)13-9(14)7-5-3-4-6-8(7)12-10(13)17/h3-6H,2H2,1H3,(H,12,17). The van der Waals surface area contributed by atoms with Crippen LogP contribution in [0.1, 0.15) is 6.92 Å². The number of carbonyl (C=O) groups excluding carboxylic acids is 1. The molecule has 0 bridgehead atoms. The van der Waals surface area contributed by atoms with Crippen molar-refractivity contribution in [2.24, 2.45) is 0 Å². The van der Waals surface area contributed by atoms with E-state index in [1.54, 1.807) is 31.2 Å². The maximum Gasteiger partial charge on any atom is 0.423 e. The van der Waals surface area contributed by atoms with E-state index in [-0.39, 0.29) is 11.4 Å². The molecule has 17 heavy (non-hydrogen) atoms. The van der Waals surface area contributed by atoms with E-state index < -0.39 is 11.7 Å². The second-order valence-corrected chi connectivity index (χ2v) is 3.70. The van der Waals surface area contributed by atoms with Gasteiger partial charge in [0.05, 0.1) is 17.5 Å². The van der Waals surface area contributed by atoms with Crippen molar-refractivity contribution >= 4 is 29.2 Å². The van der Waals surface area contributed by atoms with Gasteiger partial charge in [0.15, 0.2) is 4.77 Å². The zero-order chi connectivity index (χ0) is 12.4. The summed E-state index contributed by atoms with van der Waals surface area (Å²) in [6.07, 6.45) is -0.760. The Kier molecular flexibility index (Phi) is 3.06. The fraction of sp³-hybridized carbons (Fsp3) is 0.182. The molecule has 0 aliphatic heterocycles. The smallest absolute Gasteiger partial charge is 0.423 e. The Labute approximate surface area is 102 Å². The van der Waals surface area contributed by atoms with Crippen molar-refractivity contribution in [2.45, 2.75) is 6.92 Å². The highest BCUT2D eigenvalue weighted by atomic mass is 32.1. The zero-order valence-electron chi connectivity index (χ0n) is 9.10. The number of para-hydroxylation sites is 1. The molecule has 0 saturated heterocycles. The molecule has 0 saturated carbocycles. The van der Waals surface area contributed by atoms with Gasteiger partial charge in [-0.25, -0.2) is 4.79 Å². The van der Waals surface area contributed by atoms with Gasteiger partial charge in [-0.2, -0.15) is 4.57 Å². The Morgan fingerprint density at radius 3 is 2.88 bits per heavy atom. The molecule has 1 N–H and O–H groups in total. The minimum Gasteiger partial charge on any atom is -0.449 e. The lowest BCUT2D eigenvalue weighted by atomic mass is 10.2. The van der Waals surface area contributed by atoms with Crippen LogP contribution in [0.2, 0.25) is 0 Å². The minimum absolute atomic E-state index is 0.0344. The van der Waals surface area contributed by atoms with Gasteiger partial charge < -0.3 is 9.72 Å². The van der Waals surface area contributed by atoms with Gasteiger partial charge in [-0.3, -0.25) is 4.79 Å². The SMILES string of the molecule is CCOC(=O)n1c(=S)[nH]c2ccccc2c1=O. The number of hydrogen-bond donors (Lipinski definition) is 1. The van der Waals surface area contributed by atoms with Crippen LogP contribution < -0.4 is 5.56 Å². The van der Waals surface area contributed by atoms with Gasteiger partial charge in [0, 0.05) is 0 Å². The maximum atomic E-state index is 12.0. The summed E-state index contributed by atoms with van der Waals surface area (Å²) in [4.78, 5) is 26.4. The van der Waals surface area contributed by atoms with Crippen LogP contribution in [-0.2, 0) is 4.74 Å². The molecular weight excluding hydrogens is 240 g/mol. The van der Waals surface area contributed by atoms with Gasteiger partial charge >= 0.3 is 6.09 Å². The normalized spacial score (nSPS) is 10.4. The Bertz CT molecular complexity index is 687. The van der Waals surface area contributed by atoms with E-state index in [4.69, 9.17) is 17.0 Å². The average Bonchev–Trinajstić information content (AvgIpc) is 2.29. The van der Waals surface area contributed by atoms with Gasteiger partial charge in [0.2, 0.25) is 0 Å². The number of aromatic amines is 1. The van der Waals surface area contributed by atoms with Gasteiger partial charge in [0.25, 0.3) is 5.56 Å². The fourth-order valence-corrected chi connectivity index (χ4v) is 1.78. The molecule has 2 rings (SSSR count). The van der Waals surface area contributed by atoms with E-state index in [2.05, 4.69) is 4.98 Å². The topological polar surface area (TPSA) is 64.1 Å². The summed E-state index contributed by atoms with van der Waals surface area (Å²) >= 11 is 4.96. The first-order valence-corrected chi connectivity index (χ1v) is 5.47. The summed E-state index contributed by atoms with van der Waals surface area (Å²) in [7, 11) is 0. The molecule has 0 radical (unpaired) electrons. The van der Waals surface area contributed by atoms with E-state index >= 15 is 0 Å². The van der Waals surface area contributed by atoms with Crippen molar-refractivity contribution in [3.05, 3.63) is 39.4 Å². The second-order valence-electron chi connectivity index (χ2n) is 3.32. The molecule has 0 atom stereocenters. The molecule has 0 unspecified atom stereocenters. The molecule has 88 valence electrons. The zero-order valence-corrected chi connectivity index (χ0v) is 9.91. The van der Waals surface area contributed by atoms with E-state index in [0.29, 0.717) is 10.9 Å². The van der Waals surface area contributed by atoms with Crippen LogP contribution in [0.3, 0.4) is 0 Å². The third-order valence-electron chi connectivity index (χ3n) is 2.26. The summed E-state index contributed by atoms with van der Waals surface area (Å²) in [6.45, 7) is 1.85. The van der Waals surface area contributed by atoms with Crippen LogP contribution >= 0.6 is 12.2 Å². The predicted molar refractivity (Wildman–Crippen MR) is 65.8 cm³/mol. The summed E-state index contributed by atoms with van der Waals surface area (Å²) < 4.78 is 5.63. The molecule has 0 fully saturated rings. The summed E-state index contributed by atoms with van der Waals surface area (Å²) in [5.41, 5.74) is 0.130. The molecule has 5 nitrogen and oxygen atoms in total. The molecule has 2 aromatic rings. The van der Waals surface area contributed by atoms with E-state index in [1.165, 1.54) is 0 Å². The monoisotopic (exact) mass is 250 g/mol. The number of aromatic nitrogens is 2. The molecule has 0 spiro atoms. The third-order valence-corrected chi connectivity index (χ3v) is 2.54. The Morgan fingerprint density at radius 2 is 2.18 bits per heavy atom. The number of ether oxygens (including phenoxy) is 1. The number of benzene rings is 1. The van der Waals surface area contributed by atoms with Crippen LogP contribution in [0.15, 0.2) is 29.1 Å². The molecule has 0 amide bonds. The number of nitrogens with zero attached hydrogens (tertiary/aromatic N) is 1. The van der Waals surface area contributed by atoms with Gasteiger partial charge in [-0.05, 0) is 31.3 Å². The molecule has 0 aliphatic rings. The Morgan fingerprint density at radius 1 is 1.47 bits per heavy atom. The second kappa shape index (κ2) is 4.50. The summed E-state index contributed by atoms with van der Waals surface area (Å²) in [5.74, 6) is 0. The van der Waals surface area contributed by atoms with Crippen molar-refractivity contribution in [1.82, 2.24) is 9.55 Å². The molecule has 0 aliphatic carbocycles. The van der Waals surface area contributed by atoms with E-state index in [0.717, 1.165) is 4.57 Å². The highest BCUT2D eigenvalue weighted by molar-refractivity contribution is 7.71. The van der Waals surface area contributed by atoms with Crippen LogP contribution in [0.4, 0.5) is 4.79 Å². The van der Waals surface area contributed by atoms with Crippen molar-refractivity contribution < 1.29 is 9.53 Å².